The summed E-state index contributed by atoms with van der Waals surface area (Å²) < 4.78 is 45.1. The van der Waals surface area contributed by atoms with Crippen molar-refractivity contribution < 1.29 is 22.3 Å². The van der Waals surface area contributed by atoms with Gasteiger partial charge in [0.1, 0.15) is 17.2 Å². The van der Waals surface area contributed by atoms with Crippen molar-refractivity contribution in [3.05, 3.63) is 48.2 Å². The van der Waals surface area contributed by atoms with Crippen molar-refractivity contribution in [2.45, 2.75) is 44.2 Å². The van der Waals surface area contributed by atoms with Crippen LogP contribution in [0.1, 0.15) is 38.8 Å². The van der Waals surface area contributed by atoms with Crippen molar-refractivity contribution in [1.82, 2.24) is 15.3 Å². The zero-order chi connectivity index (χ0) is 21.2. The molecule has 2 N–H and O–H groups in total. The summed E-state index contributed by atoms with van der Waals surface area (Å²) in [6.45, 7) is 5.15. The van der Waals surface area contributed by atoms with Gasteiger partial charge < -0.3 is 10.1 Å². The van der Waals surface area contributed by atoms with Gasteiger partial charge in [0.25, 0.3) is 5.91 Å². The van der Waals surface area contributed by atoms with E-state index in [2.05, 4.69) is 20.6 Å². The van der Waals surface area contributed by atoms with E-state index in [1.807, 2.05) is 13.8 Å². The number of rotatable bonds is 6. The number of hydrogen-bond acceptors (Lipinski definition) is 7. The molecule has 0 saturated heterocycles. The van der Waals surface area contributed by atoms with E-state index < -0.39 is 38.6 Å². The number of nitrogens with one attached hydrogen (secondary N) is 2. The Hall–Kier alpha value is -2.59. The monoisotopic (exact) mass is 422 g/mol. The molecule has 2 aromatic rings. The van der Waals surface area contributed by atoms with Gasteiger partial charge in [-0.05, 0) is 32.0 Å². The average molecular weight is 422 g/mol. The van der Waals surface area contributed by atoms with Gasteiger partial charge >= 0.3 is 0 Å². The Morgan fingerprint density at radius 2 is 2.14 bits per heavy atom. The van der Waals surface area contributed by atoms with Crippen LogP contribution < -0.4 is 15.4 Å². The van der Waals surface area contributed by atoms with E-state index in [4.69, 9.17) is 4.74 Å². The normalized spacial score (nSPS) is 19.0. The third-order valence-corrected chi connectivity index (χ3v) is 6.47. The molecular weight excluding hydrogens is 399 g/mol. The number of carbonyl (C=O) groups is 1. The highest BCUT2D eigenvalue weighted by atomic mass is 32.2. The molecule has 2 atom stereocenters. The molecule has 156 valence electrons. The Labute approximate surface area is 168 Å². The number of sulfone groups is 1. The molecule has 0 spiro atoms. The lowest BCUT2D eigenvalue weighted by Crippen LogP contribution is -2.51. The molecule has 1 aliphatic heterocycles. The Balaban J connectivity index is 1.94. The molecule has 3 rings (SSSR count). The summed E-state index contributed by atoms with van der Waals surface area (Å²) in [5.74, 6) is -0.926. The molecule has 0 aliphatic carbocycles. The minimum atomic E-state index is -3.83. The molecule has 2 unspecified atom stereocenters. The zero-order valence-corrected chi connectivity index (χ0v) is 17.2. The number of anilines is 1. The second-order valence-corrected chi connectivity index (χ2v) is 9.75. The first-order chi connectivity index (χ1) is 13.6. The van der Waals surface area contributed by atoms with Gasteiger partial charge in [-0.1, -0.05) is 6.92 Å². The van der Waals surface area contributed by atoms with Gasteiger partial charge in [0.05, 0.1) is 6.20 Å². The van der Waals surface area contributed by atoms with Crippen LogP contribution in [-0.4, -0.2) is 41.0 Å². The van der Waals surface area contributed by atoms with Crippen molar-refractivity contribution >= 4 is 21.6 Å². The van der Waals surface area contributed by atoms with Gasteiger partial charge in [-0.2, -0.15) is 0 Å². The summed E-state index contributed by atoms with van der Waals surface area (Å²) in [5, 5.41) is 3.83. The smallest absolute Gasteiger partial charge is 0.258 e. The van der Waals surface area contributed by atoms with Crippen molar-refractivity contribution in [3.63, 3.8) is 0 Å². The van der Waals surface area contributed by atoms with Crippen LogP contribution in [0.3, 0.4) is 0 Å². The molecule has 1 aromatic carbocycles. The SMILES string of the molecule is CCS(=O)(=O)C(NC1CC(C)(C)Oc2ccc(F)cc21)C(=O)Nc1cnccn1. The van der Waals surface area contributed by atoms with Crippen LogP contribution in [-0.2, 0) is 14.6 Å². The second kappa shape index (κ2) is 8.03. The number of ether oxygens (including phenoxy) is 1. The Morgan fingerprint density at radius 3 is 2.79 bits per heavy atom. The maximum atomic E-state index is 13.8. The number of halogens is 1. The standard InChI is InChI=1S/C19H23FN4O4S/c1-4-29(26,27)18(17(25)24-16-11-21-7-8-22-16)23-14-10-19(2,3)28-15-6-5-12(20)9-13(14)15/h5-9,11,14,18,23H,4,10H2,1-3H3,(H,22,24,25). The fraction of sp³-hybridized carbons (Fsp3) is 0.421. The van der Waals surface area contributed by atoms with E-state index in [-0.39, 0.29) is 11.6 Å². The Morgan fingerprint density at radius 1 is 1.38 bits per heavy atom. The molecule has 2 heterocycles. The van der Waals surface area contributed by atoms with Gasteiger partial charge in [0.15, 0.2) is 21.0 Å². The lowest BCUT2D eigenvalue weighted by molar-refractivity contribution is -0.116. The first kappa shape index (κ1) is 21.1. The maximum Gasteiger partial charge on any atom is 0.258 e. The van der Waals surface area contributed by atoms with E-state index in [0.717, 1.165) is 0 Å². The topological polar surface area (TPSA) is 110 Å². The molecule has 0 saturated carbocycles. The lowest BCUT2D eigenvalue weighted by atomic mass is 9.89. The molecule has 8 nitrogen and oxygen atoms in total. The predicted molar refractivity (Wildman–Crippen MR) is 106 cm³/mol. The summed E-state index contributed by atoms with van der Waals surface area (Å²) >= 11 is 0. The van der Waals surface area contributed by atoms with E-state index >= 15 is 0 Å². The van der Waals surface area contributed by atoms with E-state index in [9.17, 15) is 17.6 Å². The Kier molecular flexibility index (Phi) is 5.85. The van der Waals surface area contributed by atoms with Crippen molar-refractivity contribution in [2.24, 2.45) is 0 Å². The third-order valence-electron chi connectivity index (χ3n) is 4.60. The van der Waals surface area contributed by atoms with Crippen LogP contribution in [0.5, 0.6) is 5.75 Å². The molecule has 1 aliphatic rings. The third kappa shape index (κ3) is 4.88. The Bertz CT molecular complexity index is 999. The van der Waals surface area contributed by atoms with Gasteiger partial charge in [-0.3, -0.25) is 15.1 Å². The van der Waals surface area contributed by atoms with Crippen LogP contribution in [0.15, 0.2) is 36.8 Å². The average Bonchev–Trinajstić information content (AvgIpc) is 2.66. The number of aromatic nitrogens is 2. The second-order valence-electron chi connectivity index (χ2n) is 7.38. The summed E-state index contributed by atoms with van der Waals surface area (Å²) in [6, 6.07) is 3.46. The van der Waals surface area contributed by atoms with E-state index in [0.29, 0.717) is 17.7 Å². The number of hydrogen-bond donors (Lipinski definition) is 2. The van der Waals surface area contributed by atoms with Crippen molar-refractivity contribution in [2.75, 3.05) is 11.1 Å². The number of amides is 1. The minimum Gasteiger partial charge on any atom is -0.487 e. The summed E-state index contributed by atoms with van der Waals surface area (Å²) in [5.41, 5.74) is -0.169. The maximum absolute atomic E-state index is 13.8. The largest absolute Gasteiger partial charge is 0.487 e. The highest BCUT2D eigenvalue weighted by molar-refractivity contribution is 7.92. The zero-order valence-electron chi connectivity index (χ0n) is 16.3. The quantitative estimate of drug-likeness (QED) is 0.734. The molecular formula is C19H23FN4O4S. The number of nitrogens with zero attached hydrogens (tertiary/aromatic N) is 2. The van der Waals surface area contributed by atoms with Gasteiger partial charge in [0.2, 0.25) is 0 Å². The fourth-order valence-electron chi connectivity index (χ4n) is 3.22. The molecule has 1 aromatic heterocycles. The van der Waals surface area contributed by atoms with Crippen molar-refractivity contribution in [1.29, 1.82) is 0 Å². The number of fused-ring (bicyclic) bond motifs is 1. The molecule has 0 radical (unpaired) electrons. The number of benzene rings is 1. The number of carbonyl (C=O) groups excluding carboxylic acids is 1. The fourth-order valence-corrected chi connectivity index (χ4v) is 4.31. The van der Waals surface area contributed by atoms with E-state index in [1.165, 1.54) is 43.7 Å². The van der Waals surface area contributed by atoms with E-state index in [1.54, 1.807) is 0 Å². The van der Waals surface area contributed by atoms with Crippen LogP contribution in [0.25, 0.3) is 0 Å². The molecule has 0 fully saturated rings. The van der Waals surface area contributed by atoms with Crippen LogP contribution in [0.2, 0.25) is 0 Å². The van der Waals surface area contributed by atoms with Gasteiger partial charge in [-0.15, -0.1) is 0 Å². The van der Waals surface area contributed by atoms with Crippen LogP contribution in [0, 0.1) is 5.82 Å². The summed E-state index contributed by atoms with van der Waals surface area (Å²) in [7, 11) is -3.83. The first-order valence-corrected chi connectivity index (χ1v) is 10.9. The van der Waals surface area contributed by atoms with Gasteiger partial charge in [-0.25, -0.2) is 17.8 Å². The van der Waals surface area contributed by atoms with Gasteiger partial charge in [0, 0.05) is 36.2 Å². The van der Waals surface area contributed by atoms with Crippen LogP contribution >= 0.6 is 0 Å². The summed E-state index contributed by atoms with van der Waals surface area (Å²) in [4.78, 5) is 20.6. The minimum absolute atomic E-state index is 0.134. The molecule has 0 bridgehead atoms. The van der Waals surface area contributed by atoms with Crippen LogP contribution in [0.4, 0.5) is 10.2 Å². The summed E-state index contributed by atoms with van der Waals surface area (Å²) in [6.07, 6.45) is 4.48. The molecule has 29 heavy (non-hydrogen) atoms. The first-order valence-electron chi connectivity index (χ1n) is 9.14. The highest BCUT2D eigenvalue weighted by Gasteiger charge is 2.39. The molecule has 10 heteroatoms. The lowest BCUT2D eigenvalue weighted by Gasteiger charge is -2.39. The highest BCUT2D eigenvalue weighted by Crippen LogP contribution is 2.40. The van der Waals surface area contributed by atoms with Crippen molar-refractivity contribution in [3.8, 4) is 5.75 Å². The molecule has 1 amide bonds. The predicted octanol–water partition coefficient (Wildman–Crippen LogP) is 2.21.